The summed E-state index contributed by atoms with van der Waals surface area (Å²) in [5.41, 5.74) is 0.594. The zero-order valence-electron chi connectivity index (χ0n) is 17.4. The Kier molecular flexibility index (Phi) is 8.47. The maximum Gasteiger partial charge on any atom is 0.288 e. The molecule has 2 heterocycles. The second kappa shape index (κ2) is 11.1. The third-order valence-electron chi connectivity index (χ3n) is 5.75. The second-order valence-corrected chi connectivity index (χ2v) is 8.89. The molecule has 0 bridgehead atoms. The Labute approximate surface area is 181 Å². The standard InChI is InChI=1S/C21H30F2N4O2S/c1-16(20(29)24-17-5-7-18(8-6-17)30-21(22)23)26-13-11-25(12-14-26)15-19(28)27-9-3-2-4-10-27/h5-8,16,21H,2-4,9-15H2,1H3,(H,24,29)/t16-/m0/s1. The highest BCUT2D eigenvalue weighted by atomic mass is 32.2. The number of hydrogen-bond donors (Lipinski definition) is 1. The molecule has 166 valence electrons. The van der Waals surface area contributed by atoms with Crippen molar-refractivity contribution in [3.8, 4) is 0 Å². The first-order chi connectivity index (χ1) is 14.4. The number of hydrogen-bond acceptors (Lipinski definition) is 5. The van der Waals surface area contributed by atoms with E-state index in [-0.39, 0.29) is 17.9 Å². The van der Waals surface area contributed by atoms with Gasteiger partial charge >= 0.3 is 0 Å². The van der Waals surface area contributed by atoms with Crippen LogP contribution in [0.25, 0.3) is 0 Å². The molecular formula is C21H30F2N4O2S. The van der Waals surface area contributed by atoms with Crippen LogP contribution in [0.5, 0.6) is 0 Å². The molecule has 1 N–H and O–H groups in total. The summed E-state index contributed by atoms with van der Waals surface area (Å²) < 4.78 is 24.8. The molecule has 1 atom stereocenters. The summed E-state index contributed by atoms with van der Waals surface area (Å²) in [5, 5.41) is 2.85. The number of likely N-dealkylation sites (tertiary alicyclic amines) is 1. The van der Waals surface area contributed by atoms with Crippen LogP contribution >= 0.6 is 11.8 Å². The minimum Gasteiger partial charge on any atom is -0.342 e. The Morgan fingerprint density at radius 2 is 1.63 bits per heavy atom. The van der Waals surface area contributed by atoms with Gasteiger partial charge in [-0.25, -0.2) is 0 Å². The van der Waals surface area contributed by atoms with E-state index < -0.39 is 5.76 Å². The highest BCUT2D eigenvalue weighted by Crippen LogP contribution is 2.26. The van der Waals surface area contributed by atoms with Crippen molar-refractivity contribution in [2.24, 2.45) is 0 Å². The van der Waals surface area contributed by atoms with Crippen molar-refractivity contribution < 1.29 is 18.4 Å². The first kappa shape index (κ1) is 23.0. The minimum absolute atomic E-state index is 0.123. The van der Waals surface area contributed by atoms with Gasteiger partial charge in [-0.1, -0.05) is 11.8 Å². The van der Waals surface area contributed by atoms with Crippen LogP contribution in [0.15, 0.2) is 29.2 Å². The van der Waals surface area contributed by atoms with E-state index >= 15 is 0 Å². The van der Waals surface area contributed by atoms with Gasteiger partial charge < -0.3 is 10.2 Å². The number of piperidine rings is 1. The number of carbonyl (C=O) groups is 2. The quantitative estimate of drug-likeness (QED) is 0.661. The fourth-order valence-electron chi connectivity index (χ4n) is 3.88. The van der Waals surface area contributed by atoms with Crippen LogP contribution in [-0.2, 0) is 9.59 Å². The maximum atomic E-state index is 12.6. The number of benzene rings is 1. The van der Waals surface area contributed by atoms with Crippen molar-refractivity contribution in [1.29, 1.82) is 0 Å². The topological polar surface area (TPSA) is 55.9 Å². The number of halogens is 2. The first-order valence-electron chi connectivity index (χ1n) is 10.5. The van der Waals surface area contributed by atoms with Crippen LogP contribution in [0.4, 0.5) is 14.5 Å². The van der Waals surface area contributed by atoms with Crippen LogP contribution in [0.2, 0.25) is 0 Å². The Bertz CT molecular complexity index is 705. The SMILES string of the molecule is C[C@@H](C(=O)Nc1ccc(SC(F)F)cc1)N1CCN(CC(=O)N2CCCCC2)CC1. The summed E-state index contributed by atoms with van der Waals surface area (Å²) in [6.07, 6.45) is 3.40. The summed E-state index contributed by atoms with van der Waals surface area (Å²) in [6.45, 7) is 7.04. The lowest BCUT2D eigenvalue weighted by atomic mass is 10.1. The number of piperazine rings is 1. The van der Waals surface area contributed by atoms with Gasteiger partial charge in [-0.15, -0.1) is 0 Å². The van der Waals surface area contributed by atoms with E-state index in [0.717, 1.165) is 52.1 Å². The lowest BCUT2D eigenvalue weighted by Gasteiger charge is -2.38. The van der Waals surface area contributed by atoms with Gasteiger partial charge in [0.05, 0.1) is 12.6 Å². The molecule has 0 radical (unpaired) electrons. The summed E-state index contributed by atoms with van der Waals surface area (Å²) in [4.78, 5) is 31.7. The fraction of sp³-hybridized carbons (Fsp3) is 0.619. The Hall–Kier alpha value is -1.71. The Balaban J connectivity index is 1.42. The van der Waals surface area contributed by atoms with E-state index in [1.807, 2.05) is 11.8 Å². The molecule has 1 aromatic rings. The zero-order valence-corrected chi connectivity index (χ0v) is 18.2. The molecule has 2 aliphatic heterocycles. The largest absolute Gasteiger partial charge is 0.342 e. The average molecular weight is 441 g/mol. The van der Waals surface area contributed by atoms with Gasteiger partial charge in [-0.05, 0) is 50.5 Å². The third kappa shape index (κ3) is 6.65. The number of thioether (sulfide) groups is 1. The van der Waals surface area contributed by atoms with Crippen molar-refractivity contribution in [1.82, 2.24) is 14.7 Å². The Morgan fingerprint density at radius 3 is 2.23 bits per heavy atom. The number of amides is 2. The maximum absolute atomic E-state index is 12.6. The zero-order chi connectivity index (χ0) is 21.5. The lowest BCUT2D eigenvalue weighted by molar-refractivity contribution is -0.134. The minimum atomic E-state index is -2.46. The van der Waals surface area contributed by atoms with E-state index in [4.69, 9.17) is 0 Å². The number of anilines is 1. The molecule has 30 heavy (non-hydrogen) atoms. The molecule has 2 aliphatic rings. The van der Waals surface area contributed by atoms with E-state index in [2.05, 4.69) is 15.1 Å². The number of carbonyl (C=O) groups excluding carboxylic acids is 2. The predicted molar refractivity (Wildman–Crippen MR) is 115 cm³/mol. The smallest absolute Gasteiger partial charge is 0.288 e. The van der Waals surface area contributed by atoms with Crippen LogP contribution in [0.1, 0.15) is 26.2 Å². The van der Waals surface area contributed by atoms with Gasteiger partial charge in [0.15, 0.2) is 0 Å². The van der Waals surface area contributed by atoms with Crippen LogP contribution < -0.4 is 5.32 Å². The van der Waals surface area contributed by atoms with Gasteiger partial charge in [0.1, 0.15) is 0 Å². The number of alkyl halides is 2. The van der Waals surface area contributed by atoms with Crippen molar-refractivity contribution in [3.63, 3.8) is 0 Å². The second-order valence-electron chi connectivity index (χ2n) is 7.82. The molecule has 1 aromatic carbocycles. The van der Waals surface area contributed by atoms with E-state index in [0.29, 0.717) is 28.9 Å². The molecular weight excluding hydrogens is 410 g/mol. The number of rotatable bonds is 7. The van der Waals surface area contributed by atoms with Crippen molar-refractivity contribution >= 4 is 29.3 Å². The third-order valence-corrected chi connectivity index (χ3v) is 6.47. The predicted octanol–water partition coefficient (Wildman–Crippen LogP) is 2.96. The highest BCUT2D eigenvalue weighted by Gasteiger charge is 2.27. The molecule has 6 nitrogen and oxygen atoms in total. The Morgan fingerprint density at radius 1 is 1.00 bits per heavy atom. The number of nitrogens with zero attached hydrogens (tertiary/aromatic N) is 3. The van der Waals surface area contributed by atoms with Gasteiger partial charge in [-0.2, -0.15) is 8.78 Å². The van der Waals surface area contributed by atoms with Gasteiger partial charge in [0.2, 0.25) is 11.8 Å². The molecule has 3 rings (SSSR count). The number of nitrogens with one attached hydrogen (secondary N) is 1. The van der Waals surface area contributed by atoms with E-state index in [1.165, 1.54) is 6.42 Å². The molecule has 9 heteroatoms. The van der Waals surface area contributed by atoms with Gasteiger partial charge in [0.25, 0.3) is 5.76 Å². The summed E-state index contributed by atoms with van der Waals surface area (Å²) in [7, 11) is 0. The normalized spacial score (nSPS) is 19.7. The summed E-state index contributed by atoms with van der Waals surface area (Å²) in [5.74, 6) is -2.37. The van der Waals surface area contributed by atoms with E-state index in [9.17, 15) is 18.4 Å². The van der Waals surface area contributed by atoms with E-state index in [1.54, 1.807) is 24.3 Å². The molecule has 2 saturated heterocycles. The monoisotopic (exact) mass is 440 g/mol. The molecule has 0 saturated carbocycles. The highest BCUT2D eigenvalue weighted by molar-refractivity contribution is 7.99. The van der Waals surface area contributed by atoms with Gasteiger partial charge in [-0.3, -0.25) is 19.4 Å². The summed E-state index contributed by atoms with van der Waals surface area (Å²) in [6, 6.07) is 6.13. The van der Waals surface area contributed by atoms with Crippen LogP contribution in [0, 0.1) is 0 Å². The van der Waals surface area contributed by atoms with Gasteiger partial charge in [0, 0.05) is 49.9 Å². The van der Waals surface area contributed by atoms with Crippen LogP contribution in [-0.4, -0.2) is 84.1 Å². The first-order valence-corrected chi connectivity index (χ1v) is 11.4. The fourth-order valence-corrected chi connectivity index (χ4v) is 4.37. The average Bonchev–Trinajstić information content (AvgIpc) is 2.75. The molecule has 2 amide bonds. The van der Waals surface area contributed by atoms with Crippen molar-refractivity contribution in [3.05, 3.63) is 24.3 Å². The van der Waals surface area contributed by atoms with Crippen molar-refractivity contribution in [2.75, 3.05) is 51.1 Å². The lowest BCUT2D eigenvalue weighted by Crippen LogP contribution is -2.54. The summed E-state index contributed by atoms with van der Waals surface area (Å²) >= 11 is 0.482. The molecule has 0 spiro atoms. The van der Waals surface area contributed by atoms with Crippen molar-refractivity contribution in [2.45, 2.75) is 42.9 Å². The van der Waals surface area contributed by atoms with Crippen LogP contribution in [0.3, 0.4) is 0 Å². The molecule has 0 unspecified atom stereocenters. The molecule has 0 aliphatic carbocycles. The molecule has 0 aromatic heterocycles. The molecule has 2 fully saturated rings.